The largest absolute Gasteiger partial charge is 0.504 e. The highest BCUT2D eigenvalue weighted by Gasteiger charge is 2.19. The lowest BCUT2D eigenvalue weighted by atomic mass is 10.1. The zero-order valence-corrected chi connectivity index (χ0v) is 16.3. The zero-order chi connectivity index (χ0) is 20.2. The van der Waals surface area contributed by atoms with E-state index in [4.69, 9.17) is 0 Å². The first kappa shape index (κ1) is 18.8. The number of hydrogen-bond donors (Lipinski definition) is 3. The van der Waals surface area contributed by atoms with Crippen LogP contribution < -0.4 is 5.32 Å². The molecule has 0 radical (unpaired) electrons. The van der Waals surface area contributed by atoms with Gasteiger partial charge in [0.25, 0.3) is 5.91 Å². The van der Waals surface area contributed by atoms with Crippen LogP contribution in [0.2, 0.25) is 0 Å². The molecule has 0 saturated carbocycles. The molecule has 0 aliphatic heterocycles. The van der Waals surface area contributed by atoms with Gasteiger partial charge in [0.05, 0.1) is 16.1 Å². The number of thiophene rings is 1. The van der Waals surface area contributed by atoms with E-state index in [1.54, 1.807) is 16.9 Å². The lowest BCUT2D eigenvalue weighted by molar-refractivity contribution is 0.0955. The van der Waals surface area contributed by atoms with Gasteiger partial charge < -0.3 is 15.5 Å². The van der Waals surface area contributed by atoms with Crippen LogP contribution >= 0.6 is 11.3 Å². The molecule has 0 spiro atoms. The second kappa shape index (κ2) is 8.20. The number of aromatic nitrogens is 2. The van der Waals surface area contributed by atoms with E-state index in [1.807, 2.05) is 47.8 Å². The molecule has 0 saturated heterocycles. The van der Waals surface area contributed by atoms with Crippen LogP contribution in [0.15, 0.2) is 72.2 Å². The Morgan fingerprint density at radius 2 is 1.86 bits per heavy atom. The van der Waals surface area contributed by atoms with Crippen molar-refractivity contribution in [3.8, 4) is 27.8 Å². The molecule has 0 bridgehead atoms. The van der Waals surface area contributed by atoms with Crippen molar-refractivity contribution in [2.24, 2.45) is 0 Å². The summed E-state index contributed by atoms with van der Waals surface area (Å²) in [4.78, 5) is 13.8. The van der Waals surface area contributed by atoms with Gasteiger partial charge in [-0.3, -0.25) is 4.79 Å². The van der Waals surface area contributed by atoms with Crippen LogP contribution in [-0.2, 0) is 6.42 Å². The van der Waals surface area contributed by atoms with Crippen LogP contribution in [0.1, 0.15) is 15.9 Å². The Labute approximate surface area is 171 Å². The summed E-state index contributed by atoms with van der Waals surface area (Å²) < 4.78 is 1.71. The second-order valence-electron chi connectivity index (χ2n) is 6.48. The molecule has 4 aromatic rings. The van der Waals surface area contributed by atoms with Crippen LogP contribution in [0.3, 0.4) is 0 Å². The predicted molar refractivity (Wildman–Crippen MR) is 113 cm³/mol. The monoisotopic (exact) mass is 405 g/mol. The molecule has 0 atom stereocenters. The van der Waals surface area contributed by atoms with Crippen LogP contribution in [0.5, 0.6) is 11.5 Å². The van der Waals surface area contributed by atoms with Gasteiger partial charge in [-0.2, -0.15) is 5.10 Å². The van der Waals surface area contributed by atoms with Gasteiger partial charge >= 0.3 is 0 Å². The van der Waals surface area contributed by atoms with E-state index in [1.165, 1.54) is 23.5 Å². The molecule has 0 aliphatic carbocycles. The van der Waals surface area contributed by atoms with Crippen molar-refractivity contribution in [3.63, 3.8) is 0 Å². The van der Waals surface area contributed by atoms with E-state index < -0.39 is 0 Å². The highest BCUT2D eigenvalue weighted by molar-refractivity contribution is 7.13. The zero-order valence-electron chi connectivity index (χ0n) is 15.4. The minimum Gasteiger partial charge on any atom is -0.504 e. The number of hydrogen-bond acceptors (Lipinski definition) is 5. The second-order valence-corrected chi connectivity index (χ2v) is 7.43. The van der Waals surface area contributed by atoms with Crippen molar-refractivity contribution >= 4 is 17.2 Å². The van der Waals surface area contributed by atoms with Gasteiger partial charge in [0.2, 0.25) is 0 Å². The van der Waals surface area contributed by atoms with Crippen molar-refractivity contribution in [1.82, 2.24) is 15.1 Å². The smallest absolute Gasteiger partial charge is 0.255 e. The van der Waals surface area contributed by atoms with Crippen molar-refractivity contribution < 1.29 is 15.0 Å². The first-order valence-corrected chi connectivity index (χ1v) is 9.98. The molecule has 6 nitrogen and oxygen atoms in total. The topological polar surface area (TPSA) is 87.4 Å². The molecule has 0 unspecified atom stereocenters. The molecular weight excluding hydrogens is 386 g/mol. The number of phenols is 2. The number of carbonyl (C=O) groups is 1. The van der Waals surface area contributed by atoms with E-state index >= 15 is 0 Å². The van der Waals surface area contributed by atoms with E-state index in [9.17, 15) is 15.0 Å². The van der Waals surface area contributed by atoms with E-state index in [0.29, 0.717) is 24.2 Å². The number of amides is 1. The average Bonchev–Trinajstić information content (AvgIpc) is 3.41. The molecule has 146 valence electrons. The third-order valence-electron chi connectivity index (χ3n) is 4.47. The SMILES string of the molecule is O=C(NCCc1ccc(O)c(O)c1)c1cn(-c2ccccc2)nc1-c1cccs1. The molecule has 2 heterocycles. The van der Waals surface area contributed by atoms with Gasteiger partial charge in [0.15, 0.2) is 11.5 Å². The number of aromatic hydroxyl groups is 2. The molecule has 0 aliphatic rings. The summed E-state index contributed by atoms with van der Waals surface area (Å²) >= 11 is 1.53. The van der Waals surface area contributed by atoms with Gasteiger partial charge in [-0.05, 0) is 47.7 Å². The molecule has 2 aromatic carbocycles. The fourth-order valence-corrected chi connectivity index (χ4v) is 3.71. The maximum Gasteiger partial charge on any atom is 0.255 e. The Bertz CT molecular complexity index is 1120. The van der Waals surface area contributed by atoms with Gasteiger partial charge in [-0.15, -0.1) is 11.3 Å². The predicted octanol–water partition coefficient (Wildman–Crippen LogP) is 3.98. The average molecular weight is 405 g/mol. The van der Waals surface area contributed by atoms with Crippen LogP contribution in [0, 0.1) is 0 Å². The van der Waals surface area contributed by atoms with Crippen molar-refractivity contribution in [1.29, 1.82) is 0 Å². The Kier molecular flexibility index (Phi) is 5.31. The molecule has 0 fully saturated rings. The minimum atomic E-state index is -0.210. The summed E-state index contributed by atoms with van der Waals surface area (Å²) in [5, 5.41) is 28.5. The van der Waals surface area contributed by atoms with Crippen LogP contribution in [0.4, 0.5) is 0 Å². The Morgan fingerprint density at radius 3 is 2.59 bits per heavy atom. The number of phenolic OH excluding ortho intramolecular Hbond substituents is 2. The van der Waals surface area contributed by atoms with Crippen molar-refractivity contribution in [2.75, 3.05) is 6.54 Å². The summed E-state index contributed by atoms with van der Waals surface area (Å²) in [6.45, 7) is 0.392. The quantitative estimate of drug-likeness (QED) is 0.424. The Hall–Kier alpha value is -3.58. The van der Waals surface area contributed by atoms with Crippen molar-refractivity contribution in [3.05, 3.63) is 83.4 Å². The molecule has 4 rings (SSSR count). The number of nitrogens with zero attached hydrogens (tertiary/aromatic N) is 2. The lowest BCUT2D eigenvalue weighted by Gasteiger charge is -2.06. The Balaban J connectivity index is 1.54. The fourth-order valence-electron chi connectivity index (χ4n) is 2.99. The number of nitrogens with one attached hydrogen (secondary N) is 1. The molecule has 2 aromatic heterocycles. The third kappa shape index (κ3) is 4.14. The molecule has 1 amide bonds. The van der Waals surface area contributed by atoms with Gasteiger partial charge in [0.1, 0.15) is 5.69 Å². The number of benzene rings is 2. The molecular formula is C22H19N3O3S. The summed E-state index contributed by atoms with van der Waals surface area (Å²) in [6, 6.07) is 18.2. The Morgan fingerprint density at radius 1 is 1.03 bits per heavy atom. The molecule has 29 heavy (non-hydrogen) atoms. The fraction of sp³-hybridized carbons (Fsp3) is 0.0909. The summed E-state index contributed by atoms with van der Waals surface area (Å²) in [7, 11) is 0. The maximum absolute atomic E-state index is 12.9. The highest BCUT2D eigenvalue weighted by atomic mass is 32.1. The van der Waals surface area contributed by atoms with Crippen molar-refractivity contribution in [2.45, 2.75) is 6.42 Å². The molecule has 3 N–H and O–H groups in total. The lowest BCUT2D eigenvalue weighted by Crippen LogP contribution is -2.25. The van der Waals surface area contributed by atoms with Gasteiger partial charge in [-0.1, -0.05) is 30.3 Å². The molecule has 7 heteroatoms. The van der Waals surface area contributed by atoms with E-state index in [2.05, 4.69) is 10.4 Å². The normalized spacial score (nSPS) is 10.8. The summed E-state index contributed by atoms with van der Waals surface area (Å²) in [5.41, 5.74) is 2.84. The van der Waals surface area contributed by atoms with Crippen LogP contribution in [-0.4, -0.2) is 32.4 Å². The number of carbonyl (C=O) groups excluding carboxylic acids is 1. The number of rotatable bonds is 6. The first-order chi connectivity index (χ1) is 14.1. The maximum atomic E-state index is 12.9. The van der Waals surface area contributed by atoms with Gasteiger partial charge in [0, 0.05) is 12.7 Å². The summed E-state index contributed by atoms with van der Waals surface area (Å²) in [5.74, 6) is -0.539. The number of para-hydroxylation sites is 1. The summed E-state index contributed by atoms with van der Waals surface area (Å²) in [6.07, 6.45) is 2.27. The van der Waals surface area contributed by atoms with Crippen LogP contribution in [0.25, 0.3) is 16.3 Å². The standard InChI is InChI=1S/C22H19N3O3S/c26-18-9-8-15(13-19(18)27)10-11-23-22(28)17-14-25(16-5-2-1-3-6-16)24-21(17)20-7-4-12-29-20/h1-9,12-14,26-27H,10-11H2,(H,23,28). The van der Waals surface area contributed by atoms with E-state index in [0.717, 1.165) is 16.1 Å². The van der Waals surface area contributed by atoms with Gasteiger partial charge in [-0.25, -0.2) is 4.68 Å². The minimum absolute atomic E-state index is 0.160. The van der Waals surface area contributed by atoms with E-state index in [-0.39, 0.29) is 17.4 Å². The highest BCUT2D eigenvalue weighted by Crippen LogP contribution is 2.28. The first-order valence-electron chi connectivity index (χ1n) is 9.10. The third-order valence-corrected chi connectivity index (χ3v) is 5.35.